The van der Waals surface area contributed by atoms with Crippen molar-refractivity contribution in [2.24, 2.45) is 0 Å². The molecule has 0 saturated carbocycles. The predicted octanol–water partition coefficient (Wildman–Crippen LogP) is 3.75. The second-order valence-corrected chi connectivity index (χ2v) is 5.26. The van der Waals surface area contributed by atoms with Crippen molar-refractivity contribution in [3.63, 3.8) is 0 Å². The van der Waals surface area contributed by atoms with Crippen LogP contribution in [0, 0.1) is 0 Å². The topological polar surface area (TPSA) is 50.4 Å². The first kappa shape index (κ1) is 18.2. The van der Waals surface area contributed by atoms with E-state index >= 15 is 0 Å². The van der Waals surface area contributed by atoms with Gasteiger partial charge in [0, 0.05) is 18.3 Å². The fourth-order valence-electron chi connectivity index (χ4n) is 2.05. The van der Waals surface area contributed by atoms with E-state index < -0.39 is 0 Å². The highest BCUT2D eigenvalue weighted by Crippen LogP contribution is 2.17. The van der Waals surface area contributed by atoms with Crippen LogP contribution >= 0.6 is 0 Å². The summed E-state index contributed by atoms with van der Waals surface area (Å²) < 4.78 is 5.73. The monoisotopic (exact) mass is 304 g/mol. The fourth-order valence-corrected chi connectivity index (χ4v) is 2.05. The molecule has 0 bridgehead atoms. The number of unbranched alkanes of at least 4 members (excludes halogenated alkanes) is 4. The van der Waals surface area contributed by atoms with Gasteiger partial charge < -0.3 is 15.4 Å². The third-order valence-electron chi connectivity index (χ3n) is 3.21. The molecule has 4 nitrogen and oxygen atoms in total. The van der Waals surface area contributed by atoms with Gasteiger partial charge in [-0.15, -0.1) is 6.58 Å². The highest BCUT2D eigenvalue weighted by molar-refractivity contribution is 5.92. The Bertz CT molecular complexity index is 446. The normalized spacial score (nSPS) is 10.2. The minimum atomic E-state index is -0.0708. The highest BCUT2D eigenvalue weighted by Gasteiger charge is 2.02. The molecular formula is C18H28N2O2. The van der Waals surface area contributed by atoms with Gasteiger partial charge in [0.25, 0.3) is 0 Å². The van der Waals surface area contributed by atoms with Crippen LogP contribution < -0.4 is 15.4 Å². The van der Waals surface area contributed by atoms with Crippen molar-refractivity contribution < 1.29 is 9.53 Å². The molecule has 0 aliphatic carbocycles. The van der Waals surface area contributed by atoms with E-state index in [1.54, 1.807) is 6.08 Å². The van der Waals surface area contributed by atoms with Gasteiger partial charge in [-0.05, 0) is 18.6 Å². The molecule has 122 valence electrons. The summed E-state index contributed by atoms with van der Waals surface area (Å²) in [5.74, 6) is 0.728. The van der Waals surface area contributed by atoms with Crippen molar-refractivity contribution in [3.8, 4) is 5.75 Å². The molecule has 1 rings (SSSR count). The van der Waals surface area contributed by atoms with E-state index in [0.29, 0.717) is 6.54 Å². The van der Waals surface area contributed by atoms with E-state index in [2.05, 4.69) is 24.1 Å². The van der Waals surface area contributed by atoms with E-state index in [9.17, 15) is 4.79 Å². The quantitative estimate of drug-likeness (QED) is 0.457. The number of amides is 1. The number of carbonyl (C=O) groups is 1. The molecule has 0 radical (unpaired) electrons. The fraction of sp³-hybridized carbons (Fsp3) is 0.500. The Morgan fingerprint density at radius 3 is 2.86 bits per heavy atom. The largest absolute Gasteiger partial charge is 0.494 e. The van der Waals surface area contributed by atoms with Gasteiger partial charge in [-0.3, -0.25) is 4.79 Å². The van der Waals surface area contributed by atoms with Gasteiger partial charge in [-0.1, -0.05) is 44.7 Å². The number of hydrogen-bond donors (Lipinski definition) is 2. The van der Waals surface area contributed by atoms with Gasteiger partial charge in [-0.2, -0.15) is 0 Å². The van der Waals surface area contributed by atoms with Gasteiger partial charge in [0.1, 0.15) is 5.75 Å². The van der Waals surface area contributed by atoms with Gasteiger partial charge in [0.15, 0.2) is 0 Å². The first-order valence-corrected chi connectivity index (χ1v) is 8.10. The first-order chi connectivity index (χ1) is 10.8. The van der Waals surface area contributed by atoms with Crippen LogP contribution in [0.5, 0.6) is 5.75 Å². The number of benzene rings is 1. The summed E-state index contributed by atoms with van der Waals surface area (Å²) in [6, 6.07) is 7.52. The first-order valence-electron chi connectivity index (χ1n) is 8.10. The predicted molar refractivity (Wildman–Crippen MR) is 92.4 cm³/mol. The molecule has 1 amide bonds. The third-order valence-corrected chi connectivity index (χ3v) is 3.21. The number of rotatable bonds is 12. The Labute approximate surface area is 133 Å². The summed E-state index contributed by atoms with van der Waals surface area (Å²) in [7, 11) is 0. The minimum Gasteiger partial charge on any atom is -0.494 e. The summed E-state index contributed by atoms with van der Waals surface area (Å²) in [4.78, 5) is 11.7. The van der Waals surface area contributed by atoms with Crippen LogP contribution in [0.2, 0.25) is 0 Å². The molecule has 0 heterocycles. The summed E-state index contributed by atoms with van der Waals surface area (Å²) in [6.07, 6.45) is 7.82. The zero-order valence-electron chi connectivity index (χ0n) is 13.6. The van der Waals surface area contributed by atoms with Gasteiger partial charge in [0.2, 0.25) is 5.91 Å². The number of ether oxygens (including phenoxy) is 1. The SMILES string of the molecule is C=CCNCC(=O)Nc1cccc(OCCCCCCC)c1. The standard InChI is InChI=1S/C18H28N2O2/c1-3-5-6-7-8-13-22-17-11-9-10-16(14-17)20-18(21)15-19-12-4-2/h4,9-11,14,19H,2-3,5-8,12-13,15H2,1H3,(H,20,21). The van der Waals surface area contributed by atoms with Crippen LogP contribution in [0.1, 0.15) is 39.0 Å². The molecule has 0 aliphatic heterocycles. The molecule has 1 aromatic rings. The van der Waals surface area contributed by atoms with E-state index in [-0.39, 0.29) is 12.5 Å². The van der Waals surface area contributed by atoms with Crippen LogP contribution in [-0.4, -0.2) is 25.6 Å². The zero-order chi connectivity index (χ0) is 16.0. The Balaban J connectivity index is 2.29. The Hall–Kier alpha value is -1.81. The van der Waals surface area contributed by atoms with Crippen molar-refractivity contribution in [3.05, 3.63) is 36.9 Å². The maximum absolute atomic E-state index is 11.7. The smallest absolute Gasteiger partial charge is 0.238 e. The molecule has 0 fully saturated rings. The van der Waals surface area contributed by atoms with E-state index in [4.69, 9.17) is 4.74 Å². The zero-order valence-corrected chi connectivity index (χ0v) is 13.6. The lowest BCUT2D eigenvalue weighted by atomic mass is 10.2. The van der Waals surface area contributed by atoms with E-state index in [1.807, 2.05) is 24.3 Å². The van der Waals surface area contributed by atoms with Gasteiger partial charge >= 0.3 is 0 Å². The molecule has 0 atom stereocenters. The maximum atomic E-state index is 11.7. The van der Waals surface area contributed by atoms with E-state index in [0.717, 1.165) is 24.5 Å². The van der Waals surface area contributed by atoms with Crippen molar-refractivity contribution >= 4 is 11.6 Å². The second-order valence-electron chi connectivity index (χ2n) is 5.26. The van der Waals surface area contributed by atoms with Crippen LogP contribution in [-0.2, 0) is 4.79 Å². The lowest BCUT2D eigenvalue weighted by Gasteiger charge is -2.09. The van der Waals surface area contributed by atoms with Crippen LogP contribution in [0.3, 0.4) is 0 Å². The Kier molecular flexibility index (Phi) is 9.79. The lowest BCUT2D eigenvalue weighted by Crippen LogP contribution is -2.28. The molecule has 4 heteroatoms. The number of carbonyl (C=O) groups excluding carboxylic acids is 1. The summed E-state index contributed by atoms with van der Waals surface area (Å²) >= 11 is 0. The van der Waals surface area contributed by atoms with Crippen molar-refractivity contribution in [1.29, 1.82) is 0 Å². The lowest BCUT2D eigenvalue weighted by molar-refractivity contribution is -0.115. The van der Waals surface area contributed by atoms with Crippen LogP contribution in [0.15, 0.2) is 36.9 Å². The Morgan fingerprint density at radius 2 is 2.09 bits per heavy atom. The molecule has 0 saturated heterocycles. The molecule has 22 heavy (non-hydrogen) atoms. The Morgan fingerprint density at radius 1 is 1.27 bits per heavy atom. The van der Waals surface area contributed by atoms with Crippen LogP contribution in [0.25, 0.3) is 0 Å². The molecular weight excluding hydrogens is 276 g/mol. The third kappa shape index (κ3) is 8.47. The van der Waals surface area contributed by atoms with Crippen molar-refractivity contribution in [2.45, 2.75) is 39.0 Å². The second kappa shape index (κ2) is 11.8. The molecule has 0 aromatic heterocycles. The minimum absolute atomic E-state index is 0.0708. The summed E-state index contributed by atoms with van der Waals surface area (Å²) in [5, 5.41) is 5.81. The van der Waals surface area contributed by atoms with Crippen LogP contribution in [0.4, 0.5) is 5.69 Å². The molecule has 0 spiro atoms. The van der Waals surface area contributed by atoms with E-state index in [1.165, 1.54) is 25.7 Å². The van der Waals surface area contributed by atoms with Crippen molar-refractivity contribution in [2.75, 3.05) is 25.0 Å². The molecule has 2 N–H and O–H groups in total. The maximum Gasteiger partial charge on any atom is 0.238 e. The molecule has 0 aliphatic rings. The number of anilines is 1. The van der Waals surface area contributed by atoms with Crippen molar-refractivity contribution in [1.82, 2.24) is 5.32 Å². The highest BCUT2D eigenvalue weighted by atomic mass is 16.5. The summed E-state index contributed by atoms with van der Waals surface area (Å²) in [5.41, 5.74) is 0.758. The average Bonchev–Trinajstić information content (AvgIpc) is 2.51. The van der Waals surface area contributed by atoms with Gasteiger partial charge in [-0.25, -0.2) is 0 Å². The van der Waals surface area contributed by atoms with Gasteiger partial charge in [0.05, 0.1) is 13.2 Å². The summed E-state index contributed by atoms with van der Waals surface area (Å²) in [6.45, 7) is 7.42. The number of hydrogen-bond acceptors (Lipinski definition) is 3. The molecule has 0 unspecified atom stereocenters. The number of nitrogens with one attached hydrogen (secondary N) is 2. The molecule has 1 aromatic carbocycles. The average molecular weight is 304 g/mol.